The minimum Gasteiger partial charge on any atom is -0.361 e. The van der Waals surface area contributed by atoms with Crippen LogP contribution in [0.25, 0.3) is 0 Å². The van der Waals surface area contributed by atoms with E-state index in [-0.39, 0.29) is 11.9 Å². The van der Waals surface area contributed by atoms with Gasteiger partial charge >= 0.3 is 11.8 Å². The van der Waals surface area contributed by atoms with Crippen LogP contribution in [0, 0.1) is 0 Å². The third kappa shape index (κ3) is 4.18. The first-order valence-corrected chi connectivity index (χ1v) is 11.1. The predicted molar refractivity (Wildman–Crippen MR) is 116 cm³/mol. The second-order valence-corrected chi connectivity index (χ2v) is 8.59. The molecule has 0 bridgehead atoms. The molecule has 0 unspecified atom stereocenters. The molecule has 2 aliphatic heterocycles. The molecule has 8 heteroatoms. The van der Waals surface area contributed by atoms with Crippen molar-refractivity contribution < 1.29 is 14.4 Å². The summed E-state index contributed by atoms with van der Waals surface area (Å²) in [7, 11) is 0. The van der Waals surface area contributed by atoms with Crippen LogP contribution in [-0.2, 0) is 20.8 Å². The number of para-hydroxylation sites is 1. The maximum absolute atomic E-state index is 12.6. The van der Waals surface area contributed by atoms with Crippen LogP contribution in [0.15, 0.2) is 41.8 Å². The number of anilines is 1. The Hall–Kier alpha value is -2.87. The van der Waals surface area contributed by atoms with E-state index in [4.69, 9.17) is 0 Å². The van der Waals surface area contributed by atoms with E-state index in [1.165, 1.54) is 23.1 Å². The molecular weight excluding hydrogens is 400 g/mol. The molecule has 2 aliphatic rings. The van der Waals surface area contributed by atoms with Crippen LogP contribution < -0.4 is 10.2 Å². The van der Waals surface area contributed by atoms with Gasteiger partial charge in [0.2, 0.25) is 5.91 Å². The smallest absolute Gasteiger partial charge is 0.312 e. The van der Waals surface area contributed by atoms with Crippen LogP contribution in [0.2, 0.25) is 0 Å². The van der Waals surface area contributed by atoms with Gasteiger partial charge in [-0.05, 0) is 29.5 Å². The average molecular weight is 427 g/mol. The highest BCUT2D eigenvalue weighted by molar-refractivity contribution is 7.10. The van der Waals surface area contributed by atoms with E-state index in [0.29, 0.717) is 32.7 Å². The van der Waals surface area contributed by atoms with Gasteiger partial charge in [-0.15, -0.1) is 11.3 Å². The largest absolute Gasteiger partial charge is 0.361 e. The van der Waals surface area contributed by atoms with Gasteiger partial charge < -0.3 is 20.0 Å². The number of piperazine rings is 1. The summed E-state index contributed by atoms with van der Waals surface area (Å²) in [5.74, 6) is -1.11. The minimum atomic E-state index is -0.583. The number of fused-ring (bicyclic) bond motifs is 1. The number of hydrogen-bond acceptors (Lipinski definition) is 5. The Morgan fingerprint density at radius 3 is 2.43 bits per heavy atom. The molecule has 4 rings (SSSR count). The number of nitrogens with zero attached hydrogens (tertiary/aromatic N) is 3. The third-order valence-corrected chi connectivity index (χ3v) is 6.81. The molecule has 1 saturated heterocycles. The van der Waals surface area contributed by atoms with E-state index in [0.717, 1.165) is 17.8 Å². The monoisotopic (exact) mass is 426 g/mol. The van der Waals surface area contributed by atoms with Gasteiger partial charge in [0.1, 0.15) is 0 Å². The molecule has 1 aromatic carbocycles. The first-order chi connectivity index (χ1) is 14.5. The number of amides is 3. The molecule has 1 atom stereocenters. The Morgan fingerprint density at radius 1 is 1.00 bits per heavy atom. The quantitative estimate of drug-likeness (QED) is 0.755. The maximum Gasteiger partial charge on any atom is 0.312 e. The molecule has 3 heterocycles. The number of benzene rings is 1. The van der Waals surface area contributed by atoms with Gasteiger partial charge in [0.05, 0.1) is 6.04 Å². The summed E-state index contributed by atoms with van der Waals surface area (Å²) in [6.45, 7) is 4.49. The zero-order chi connectivity index (χ0) is 21.1. The molecule has 3 amide bonds. The molecule has 7 nitrogen and oxygen atoms in total. The summed E-state index contributed by atoms with van der Waals surface area (Å²) in [4.78, 5) is 43.3. The highest BCUT2D eigenvalue weighted by Gasteiger charge is 2.30. The van der Waals surface area contributed by atoms with Crippen molar-refractivity contribution in [1.29, 1.82) is 0 Å². The van der Waals surface area contributed by atoms with Crippen LogP contribution in [0.4, 0.5) is 5.69 Å². The fraction of sp³-hybridized carbons (Fsp3) is 0.409. The van der Waals surface area contributed by atoms with E-state index in [1.807, 2.05) is 17.5 Å². The molecule has 0 aliphatic carbocycles. The zero-order valence-corrected chi connectivity index (χ0v) is 17.9. The van der Waals surface area contributed by atoms with Crippen molar-refractivity contribution in [2.24, 2.45) is 0 Å². The first-order valence-electron chi connectivity index (χ1n) is 10.2. The summed E-state index contributed by atoms with van der Waals surface area (Å²) in [6, 6.07) is 12.4. The van der Waals surface area contributed by atoms with Crippen molar-refractivity contribution in [2.45, 2.75) is 19.4 Å². The van der Waals surface area contributed by atoms with E-state index in [2.05, 4.69) is 34.5 Å². The molecule has 1 aromatic heterocycles. The Balaban J connectivity index is 1.40. The lowest BCUT2D eigenvalue weighted by molar-refractivity contribution is -0.148. The lowest BCUT2D eigenvalue weighted by Crippen LogP contribution is -2.54. The lowest BCUT2D eigenvalue weighted by atomic mass is 10.1. The molecule has 1 fully saturated rings. The van der Waals surface area contributed by atoms with Crippen molar-refractivity contribution >= 4 is 34.7 Å². The lowest BCUT2D eigenvalue weighted by Gasteiger charge is -2.34. The van der Waals surface area contributed by atoms with E-state index in [9.17, 15) is 14.4 Å². The normalized spacial score (nSPS) is 16.9. The number of thiophene rings is 1. The van der Waals surface area contributed by atoms with Crippen LogP contribution in [0.3, 0.4) is 0 Å². The van der Waals surface area contributed by atoms with Crippen molar-refractivity contribution in [3.8, 4) is 0 Å². The van der Waals surface area contributed by atoms with Crippen molar-refractivity contribution in [3.05, 3.63) is 52.2 Å². The van der Waals surface area contributed by atoms with Crippen molar-refractivity contribution in [2.75, 3.05) is 44.2 Å². The zero-order valence-electron chi connectivity index (χ0n) is 17.0. The molecule has 0 radical (unpaired) electrons. The number of carbonyl (C=O) groups is 3. The van der Waals surface area contributed by atoms with Crippen LogP contribution in [-0.4, -0.2) is 66.8 Å². The summed E-state index contributed by atoms with van der Waals surface area (Å²) in [5.41, 5.74) is 2.50. The van der Waals surface area contributed by atoms with Crippen LogP contribution >= 0.6 is 11.3 Å². The fourth-order valence-electron chi connectivity index (χ4n) is 4.17. The second kappa shape index (κ2) is 8.87. The summed E-state index contributed by atoms with van der Waals surface area (Å²) >= 11 is 1.66. The summed E-state index contributed by atoms with van der Waals surface area (Å²) < 4.78 is 0. The second-order valence-electron chi connectivity index (χ2n) is 7.61. The highest BCUT2D eigenvalue weighted by Crippen LogP contribution is 2.36. The maximum atomic E-state index is 12.6. The molecule has 1 N–H and O–H groups in total. The highest BCUT2D eigenvalue weighted by atomic mass is 32.1. The van der Waals surface area contributed by atoms with E-state index < -0.39 is 11.8 Å². The van der Waals surface area contributed by atoms with Gasteiger partial charge in [0.15, 0.2) is 0 Å². The summed E-state index contributed by atoms with van der Waals surface area (Å²) in [6.07, 6.45) is 0.978. The van der Waals surface area contributed by atoms with Crippen molar-refractivity contribution in [3.63, 3.8) is 0 Å². The molecule has 0 spiro atoms. The first kappa shape index (κ1) is 20.4. The third-order valence-electron chi connectivity index (χ3n) is 5.83. The molecule has 30 heavy (non-hydrogen) atoms. The number of carbonyl (C=O) groups excluding carboxylic acids is 3. The number of hydrogen-bond donors (Lipinski definition) is 1. The molecule has 0 saturated carbocycles. The van der Waals surface area contributed by atoms with Gasteiger partial charge in [0.25, 0.3) is 0 Å². The Kier molecular flexibility index (Phi) is 6.03. The number of nitrogens with one attached hydrogen (secondary N) is 1. The molecule has 2 aromatic rings. The topological polar surface area (TPSA) is 73.0 Å². The van der Waals surface area contributed by atoms with Gasteiger partial charge in [0, 0.05) is 56.8 Å². The van der Waals surface area contributed by atoms with E-state index in [1.54, 1.807) is 16.2 Å². The van der Waals surface area contributed by atoms with Crippen molar-refractivity contribution in [1.82, 2.24) is 15.1 Å². The Bertz CT molecular complexity index is 922. The number of rotatable bonds is 4. The summed E-state index contributed by atoms with van der Waals surface area (Å²) in [5, 5.41) is 4.90. The van der Waals surface area contributed by atoms with Gasteiger partial charge in [-0.1, -0.05) is 24.3 Å². The molecular formula is C22H26N4O3S. The van der Waals surface area contributed by atoms with Crippen LogP contribution in [0.5, 0.6) is 0 Å². The SMILES string of the molecule is CC(=O)N1CCN(C(=O)C(=O)NC[C@@H](c2cccs2)N2CCc3ccccc32)CC1. The average Bonchev–Trinajstić information content (AvgIpc) is 3.44. The molecule has 158 valence electrons. The standard InChI is InChI=1S/C22H26N4O3S/c1-16(27)24-10-12-25(13-11-24)22(29)21(28)23-15-19(20-7-4-14-30-20)26-9-8-17-5-2-3-6-18(17)26/h2-7,14,19H,8-13,15H2,1H3,(H,23,28)/t19-/m0/s1. The van der Waals surface area contributed by atoms with Gasteiger partial charge in [-0.2, -0.15) is 0 Å². The Labute approximate surface area is 180 Å². The van der Waals surface area contributed by atoms with Gasteiger partial charge in [-0.25, -0.2) is 0 Å². The predicted octanol–water partition coefficient (Wildman–Crippen LogP) is 1.66. The van der Waals surface area contributed by atoms with Gasteiger partial charge in [-0.3, -0.25) is 14.4 Å². The Morgan fingerprint density at radius 2 is 1.73 bits per heavy atom. The minimum absolute atomic E-state index is 0.00349. The van der Waals surface area contributed by atoms with Crippen LogP contribution in [0.1, 0.15) is 23.4 Å². The fourth-order valence-corrected chi connectivity index (χ4v) is 5.00. The van der Waals surface area contributed by atoms with E-state index >= 15 is 0 Å².